The molecule has 5 rings (SSSR count). The second-order valence-electron chi connectivity index (χ2n) is 6.75. The fourth-order valence-electron chi connectivity index (χ4n) is 3.19. The van der Waals surface area contributed by atoms with Gasteiger partial charge in [-0.05, 0) is 49.2 Å². The Kier molecular flexibility index (Phi) is 4.33. The molecule has 1 N–H and O–H groups in total. The molecule has 0 spiro atoms. The van der Waals surface area contributed by atoms with E-state index in [1.165, 1.54) is 29.5 Å². The standard InChI is InChI=1S/C20H12BrF2N5S/c21-11-7-14-18(15(23)8-11)27-28(13-5-6-13)19(14)26-20-25-17(16(9-24)29-20)10-1-3-12(22)4-2-10/h1-4,7-8,13H,5-6H2,(H,25,26). The summed E-state index contributed by atoms with van der Waals surface area (Å²) in [6.45, 7) is 0. The fourth-order valence-corrected chi connectivity index (χ4v) is 4.40. The normalized spacial score (nSPS) is 13.6. The van der Waals surface area contributed by atoms with Gasteiger partial charge >= 0.3 is 0 Å². The van der Waals surface area contributed by atoms with Crippen LogP contribution in [0.15, 0.2) is 40.9 Å². The minimum atomic E-state index is -0.402. The second-order valence-corrected chi connectivity index (χ2v) is 8.66. The lowest BCUT2D eigenvalue weighted by molar-refractivity contribution is 0.620. The van der Waals surface area contributed by atoms with Crippen LogP contribution in [0.4, 0.5) is 19.7 Å². The van der Waals surface area contributed by atoms with Gasteiger partial charge in [-0.25, -0.2) is 18.4 Å². The van der Waals surface area contributed by atoms with Gasteiger partial charge in [0, 0.05) is 15.4 Å². The number of rotatable bonds is 4. The molecule has 0 radical (unpaired) electrons. The zero-order valence-electron chi connectivity index (χ0n) is 14.8. The molecule has 2 aromatic carbocycles. The van der Waals surface area contributed by atoms with Crippen molar-refractivity contribution in [1.29, 1.82) is 5.26 Å². The maximum absolute atomic E-state index is 14.4. The number of nitrogens with one attached hydrogen (secondary N) is 1. The lowest BCUT2D eigenvalue weighted by Crippen LogP contribution is -2.02. The molecular weight excluding hydrogens is 460 g/mol. The maximum atomic E-state index is 14.4. The number of aromatic nitrogens is 3. The lowest BCUT2D eigenvalue weighted by Gasteiger charge is -2.07. The summed E-state index contributed by atoms with van der Waals surface area (Å²) >= 11 is 4.53. The molecule has 0 unspecified atom stereocenters. The number of thiazole rings is 1. The Hall–Kier alpha value is -2.83. The summed E-state index contributed by atoms with van der Waals surface area (Å²) < 4.78 is 30.1. The first kappa shape index (κ1) is 18.2. The summed E-state index contributed by atoms with van der Waals surface area (Å²) in [5.74, 6) is -0.111. The second kappa shape index (κ2) is 6.90. The summed E-state index contributed by atoms with van der Waals surface area (Å²) in [6.07, 6.45) is 1.96. The number of hydrogen-bond donors (Lipinski definition) is 1. The summed E-state index contributed by atoms with van der Waals surface area (Å²) in [5.41, 5.74) is 1.43. The highest BCUT2D eigenvalue weighted by Crippen LogP contribution is 2.42. The third-order valence-corrected chi connectivity index (χ3v) is 6.02. The first-order valence-electron chi connectivity index (χ1n) is 8.84. The lowest BCUT2D eigenvalue weighted by atomic mass is 10.1. The zero-order valence-corrected chi connectivity index (χ0v) is 17.2. The van der Waals surface area contributed by atoms with E-state index in [4.69, 9.17) is 0 Å². The van der Waals surface area contributed by atoms with E-state index in [0.29, 0.717) is 42.5 Å². The molecule has 9 heteroatoms. The van der Waals surface area contributed by atoms with Crippen molar-refractivity contribution in [2.45, 2.75) is 18.9 Å². The van der Waals surface area contributed by atoms with E-state index in [1.807, 2.05) is 6.07 Å². The van der Waals surface area contributed by atoms with E-state index in [0.717, 1.165) is 12.8 Å². The zero-order chi connectivity index (χ0) is 20.1. The first-order valence-corrected chi connectivity index (χ1v) is 10.5. The molecule has 2 aromatic heterocycles. The van der Waals surface area contributed by atoms with Gasteiger partial charge in [-0.15, -0.1) is 0 Å². The summed E-state index contributed by atoms with van der Waals surface area (Å²) in [7, 11) is 0. The van der Waals surface area contributed by atoms with Crippen LogP contribution >= 0.6 is 27.3 Å². The van der Waals surface area contributed by atoms with Crippen molar-refractivity contribution in [3.63, 3.8) is 0 Å². The molecule has 0 atom stereocenters. The molecule has 4 aromatic rings. The Balaban J connectivity index is 1.60. The Morgan fingerprint density at radius 3 is 2.66 bits per heavy atom. The number of halogens is 3. The Labute approximate surface area is 176 Å². The van der Waals surface area contributed by atoms with Crippen molar-refractivity contribution >= 4 is 49.1 Å². The molecule has 0 saturated heterocycles. The third-order valence-electron chi connectivity index (χ3n) is 4.68. The van der Waals surface area contributed by atoms with Gasteiger partial charge in [-0.2, -0.15) is 10.4 Å². The monoisotopic (exact) mass is 471 g/mol. The van der Waals surface area contributed by atoms with Crippen LogP contribution in [0, 0.1) is 23.0 Å². The predicted molar refractivity (Wildman–Crippen MR) is 111 cm³/mol. The van der Waals surface area contributed by atoms with E-state index >= 15 is 0 Å². The van der Waals surface area contributed by atoms with E-state index in [9.17, 15) is 14.0 Å². The molecule has 29 heavy (non-hydrogen) atoms. The van der Waals surface area contributed by atoms with Gasteiger partial charge in [0.05, 0.1) is 6.04 Å². The quantitative estimate of drug-likeness (QED) is 0.387. The van der Waals surface area contributed by atoms with Crippen LogP contribution in [0.25, 0.3) is 22.2 Å². The number of benzene rings is 2. The van der Waals surface area contributed by atoms with Crippen molar-refractivity contribution in [1.82, 2.24) is 14.8 Å². The average molecular weight is 472 g/mol. The van der Waals surface area contributed by atoms with Gasteiger partial charge in [-0.1, -0.05) is 27.3 Å². The molecule has 144 valence electrons. The third kappa shape index (κ3) is 3.28. The summed E-state index contributed by atoms with van der Waals surface area (Å²) in [6, 6.07) is 11.4. The Bertz CT molecular complexity index is 1290. The Morgan fingerprint density at radius 1 is 1.21 bits per heavy atom. The van der Waals surface area contributed by atoms with Crippen molar-refractivity contribution < 1.29 is 8.78 Å². The molecule has 0 aliphatic heterocycles. The van der Waals surface area contributed by atoms with E-state index in [1.54, 1.807) is 16.8 Å². The highest BCUT2D eigenvalue weighted by molar-refractivity contribution is 9.10. The van der Waals surface area contributed by atoms with Gasteiger partial charge in [0.25, 0.3) is 0 Å². The first-order chi connectivity index (χ1) is 14.0. The van der Waals surface area contributed by atoms with Gasteiger partial charge in [0.15, 0.2) is 10.9 Å². The molecule has 0 bridgehead atoms. The van der Waals surface area contributed by atoms with Gasteiger partial charge in [-0.3, -0.25) is 0 Å². The number of nitriles is 1. The summed E-state index contributed by atoms with van der Waals surface area (Å²) in [5, 5.41) is 18.3. The molecule has 5 nitrogen and oxygen atoms in total. The minimum Gasteiger partial charge on any atom is -0.316 e. The predicted octanol–water partition coefficient (Wildman–Crippen LogP) is 6.15. The van der Waals surface area contributed by atoms with Crippen LogP contribution in [0.3, 0.4) is 0 Å². The molecule has 2 heterocycles. The summed E-state index contributed by atoms with van der Waals surface area (Å²) in [4.78, 5) is 4.95. The van der Waals surface area contributed by atoms with Crippen LogP contribution in [0.5, 0.6) is 0 Å². The SMILES string of the molecule is N#Cc1sc(Nc2c3cc(Br)cc(F)c3nn2C2CC2)nc1-c1ccc(F)cc1. The van der Waals surface area contributed by atoms with Crippen LogP contribution < -0.4 is 5.32 Å². The molecular formula is C20H12BrF2N5S. The van der Waals surface area contributed by atoms with E-state index in [2.05, 4.69) is 37.4 Å². The number of hydrogen-bond acceptors (Lipinski definition) is 5. The largest absolute Gasteiger partial charge is 0.316 e. The average Bonchev–Trinajstić information content (AvgIpc) is 3.36. The molecule has 1 aliphatic carbocycles. The molecule has 1 aliphatic rings. The fraction of sp³-hybridized carbons (Fsp3) is 0.150. The van der Waals surface area contributed by atoms with Crippen LogP contribution in [0.2, 0.25) is 0 Å². The number of fused-ring (bicyclic) bond motifs is 1. The molecule has 0 amide bonds. The van der Waals surface area contributed by atoms with Crippen molar-refractivity contribution in [2.75, 3.05) is 5.32 Å². The van der Waals surface area contributed by atoms with E-state index in [-0.39, 0.29) is 11.9 Å². The topological polar surface area (TPSA) is 66.5 Å². The highest BCUT2D eigenvalue weighted by atomic mass is 79.9. The van der Waals surface area contributed by atoms with E-state index < -0.39 is 5.82 Å². The number of nitrogens with zero attached hydrogens (tertiary/aromatic N) is 4. The number of anilines is 2. The van der Waals surface area contributed by atoms with Crippen molar-refractivity contribution in [3.05, 3.63) is 57.4 Å². The minimum absolute atomic E-state index is 0.218. The van der Waals surface area contributed by atoms with Crippen LogP contribution in [-0.2, 0) is 0 Å². The van der Waals surface area contributed by atoms with Crippen molar-refractivity contribution in [3.8, 4) is 17.3 Å². The van der Waals surface area contributed by atoms with Crippen molar-refractivity contribution in [2.24, 2.45) is 0 Å². The van der Waals surface area contributed by atoms with Gasteiger partial charge < -0.3 is 5.32 Å². The highest BCUT2D eigenvalue weighted by Gasteiger charge is 2.30. The molecule has 1 saturated carbocycles. The van der Waals surface area contributed by atoms with Gasteiger partial charge in [0.1, 0.15) is 33.8 Å². The maximum Gasteiger partial charge on any atom is 0.190 e. The smallest absolute Gasteiger partial charge is 0.190 e. The van der Waals surface area contributed by atoms with Crippen LogP contribution in [-0.4, -0.2) is 14.8 Å². The molecule has 1 fully saturated rings. The Morgan fingerprint density at radius 2 is 1.97 bits per heavy atom. The van der Waals surface area contributed by atoms with Crippen LogP contribution in [0.1, 0.15) is 23.8 Å². The van der Waals surface area contributed by atoms with Gasteiger partial charge in [0.2, 0.25) is 0 Å².